The van der Waals surface area contributed by atoms with Crippen LogP contribution in [0.2, 0.25) is 0 Å². The van der Waals surface area contributed by atoms with Crippen LogP contribution in [0.1, 0.15) is 0 Å². The van der Waals surface area contributed by atoms with Crippen molar-refractivity contribution in [2.75, 3.05) is 0 Å². The van der Waals surface area contributed by atoms with E-state index in [1.165, 1.54) is 0 Å². The number of hydrogen-bond donors (Lipinski definition) is 1. The summed E-state index contributed by atoms with van der Waals surface area (Å²) in [5, 5.41) is 0. The van der Waals surface area contributed by atoms with Crippen molar-refractivity contribution in [2.45, 2.75) is 52.7 Å². The molecule has 0 aliphatic rings. The molecule has 1 rings (SSSR count). The van der Waals surface area contributed by atoms with Gasteiger partial charge in [0.15, 0.2) is 0 Å². The van der Waals surface area contributed by atoms with Gasteiger partial charge in [-0.05, 0) is 12.1 Å². The smallest absolute Gasteiger partial charge is 0.426 e. The van der Waals surface area contributed by atoms with Gasteiger partial charge in [-0.1, -0.05) is 12.1 Å². The van der Waals surface area contributed by atoms with Crippen molar-refractivity contribution in [3.8, 4) is 5.75 Å². The minimum atomic E-state index is -8.81. The Morgan fingerprint density at radius 3 is 1.25 bits per heavy atom. The SMILES string of the molecule is O=S(=O)(O)c1ccccc1OC(F)(F)C(F)(F)C(F)(F)C(F)(F)C(F)(F)C(F)(F)C(F)(F)C(F)(F)F. The molecule has 36 heavy (non-hydrogen) atoms. The van der Waals surface area contributed by atoms with Crippen LogP contribution in [0.3, 0.4) is 0 Å². The molecule has 0 aromatic heterocycles. The molecule has 1 aromatic rings. The fourth-order valence-electron chi connectivity index (χ4n) is 2.10. The van der Waals surface area contributed by atoms with Crippen LogP contribution in [0.25, 0.3) is 0 Å². The highest BCUT2D eigenvalue weighted by Gasteiger charge is 2.95. The van der Waals surface area contributed by atoms with Gasteiger partial charge in [-0.2, -0.15) is 83.1 Å². The van der Waals surface area contributed by atoms with Crippen molar-refractivity contribution in [3.05, 3.63) is 24.3 Å². The Bertz CT molecular complexity index is 1080. The van der Waals surface area contributed by atoms with Crippen LogP contribution in [-0.4, -0.2) is 60.8 Å². The van der Waals surface area contributed by atoms with Crippen LogP contribution in [0.4, 0.5) is 74.6 Å². The molecule has 0 heterocycles. The van der Waals surface area contributed by atoms with E-state index in [1.54, 1.807) is 0 Å². The first-order chi connectivity index (χ1) is 15.5. The number of ether oxygens (including phenoxy) is 1. The average molecular weight is 592 g/mol. The molecular formula is C14H5F17O4S. The van der Waals surface area contributed by atoms with E-state index in [0.29, 0.717) is 12.1 Å². The van der Waals surface area contributed by atoms with Gasteiger partial charge in [0.25, 0.3) is 10.1 Å². The summed E-state index contributed by atoms with van der Waals surface area (Å²) in [6.07, 6.45) is -15.2. The molecule has 0 saturated heterocycles. The number of halogens is 17. The molecule has 210 valence electrons. The quantitative estimate of drug-likeness (QED) is 0.271. The molecule has 1 aromatic carbocycles. The van der Waals surface area contributed by atoms with Crippen LogP contribution in [0, 0.1) is 0 Å². The van der Waals surface area contributed by atoms with Crippen molar-refractivity contribution in [1.29, 1.82) is 0 Å². The number of rotatable bonds is 9. The summed E-state index contributed by atoms with van der Waals surface area (Å²) in [6.45, 7) is 0. The molecule has 0 fully saturated rings. The van der Waals surface area contributed by atoms with E-state index in [1.807, 2.05) is 0 Å². The lowest BCUT2D eigenvalue weighted by molar-refractivity contribution is -0.471. The molecule has 4 nitrogen and oxygen atoms in total. The Morgan fingerprint density at radius 1 is 0.556 bits per heavy atom. The monoisotopic (exact) mass is 592 g/mol. The van der Waals surface area contributed by atoms with Crippen LogP contribution in [0.5, 0.6) is 5.75 Å². The fourth-order valence-corrected chi connectivity index (χ4v) is 2.71. The van der Waals surface area contributed by atoms with Crippen molar-refractivity contribution in [2.24, 2.45) is 0 Å². The summed E-state index contributed by atoms with van der Waals surface area (Å²) in [5.74, 6) is -53.6. The largest absolute Gasteiger partial charge is 0.471 e. The molecule has 0 saturated carbocycles. The summed E-state index contributed by atoms with van der Waals surface area (Å²) < 4.78 is 257. The normalized spacial score (nSPS) is 15.7. The summed E-state index contributed by atoms with van der Waals surface area (Å²) in [6, 6.07) is 0.868. The first-order valence-corrected chi connectivity index (χ1v) is 9.36. The van der Waals surface area contributed by atoms with E-state index in [4.69, 9.17) is 4.55 Å². The first-order valence-electron chi connectivity index (χ1n) is 7.92. The molecule has 0 spiro atoms. The van der Waals surface area contributed by atoms with Gasteiger partial charge < -0.3 is 4.74 Å². The predicted molar refractivity (Wildman–Crippen MR) is 77.6 cm³/mol. The second-order valence-electron chi connectivity index (χ2n) is 6.48. The summed E-state index contributed by atoms with van der Waals surface area (Å²) in [4.78, 5) is -1.95. The summed E-state index contributed by atoms with van der Waals surface area (Å²) in [5.41, 5.74) is 0. The summed E-state index contributed by atoms with van der Waals surface area (Å²) >= 11 is 0. The lowest BCUT2D eigenvalue weighted by Gasteiger charge is -2.42. The molecule has 0 amide bonds. The predicted octanol–water partition coefficient (Wildman–Crippen LogP) is 6.28. The van der Waals surface area contributed by atoms with E-state index < -0.39 is 68.6 Å². The van der Waals surface area contributed by atoms with Gasteiger partial charge in [-0.3, -0.25) is 4.55 Å². The molecular weight excluding hydrogens is 587 g/mol. The molecule has 0 aliphatic carbocycles. The van der Waals surface area contributed by atoms with E-state index in [0.717, 1.165) is 0 Å². The third kappa shape index (κ3) is 4.38. The second-order valence-corrected chi connectivity index (χ2v) is 7.87. The van der Waals surface area contributed by atoms with Gasteiger partial charge >= 0.3 is 47.8 Å². The third-order valence-corrected chi connectivity index (χ3v) is 4.95. The highest BCUT2D eigenvalue weighted by atomic mass is 32.2. The highest BCUT2D eigenvalue weighted by molar-refractivity contribution is 7.86. The highest BCUT2D eigenvalue weighted by Crippen LogP contribution is 2.64. The van der Waals surface area contributed by atoms with Gasteiger partial charge in [0, 0.05) is 0 Å². The minimum Gasteiger partial charge on any atom is -0.426 e. The van der Waals surface area contributed by atoms with Crippen molar-refractivity contribution < 1.29 is 92.3 Å². The number of benzene rings is 1. The zero-order chi connectivity index (χ0) is 29.2. The summed E-state index contributed by atoms with van der Waals surface area (Å²) in [7, 11) is -5.74. The molecule has 0 atom stereocenters. The van der Waals surface area contributed by atoms with E-state index in [-0.39, 0.29) is 12.1 Å². The van der Waals surface area contributed by atoms with E-state index in [9.17, 15) is 83.1 Å². The maximum Gasteiger partial charge on any atom is 0.471 e. The Hall–Kier alpha value is -2.26. The van der Waals surface area contributed by atoms with Crippen LogP contribution in [-0.2, 0) is 10.1 Å². The molecule has 0 bridgehead atoms. The zero-order valence-electron chi connectivity index (χ0n) is 15.8. The zero-order valence-corrected chi connectivity index (χ0v) is 16.6. The van der Waals surface area contributed by atoms with Crippen molar-refractivity contribution in [3.63, 3.8) is 0 Å². The van der Waals surface area contributed by atoms with Gasteiger partial charge in [0.1, 0.15) is 10.6 Å². The van der Waals surface area contributed by atoms with Gasteiger partial charge in [-0.25, -0.2) is 0 Å². The molecule has 22 heteroatoms. The minimum absolute atomic E-state index is 0.0551. The van der Waals surface area contributed by atoms with Crippen LogP contribution >= 0.6 is 0 Å². The van der Waals surface area contributed by atoms with Crippen LogP contribution in [0.15, 0.2) is 29.2 Å². The number of para-hydroxylation sites is 1. The standard InChI is InChI=1S/C14H5F17O4S/c15-7(16,9(19,20)11(23,24)13(27,28)29)8(17,18)10(21,22)12(25,26)14(30,31)35-5-3-1-2-4-6(5)36(32,33)34/h1-4H,(H,32,33,34). The Labute approximate surface area is 186 Å². The maximum atomic E-state index is 13.8. The maximum absolute atomic E-state index is 13.8. The Balaban J connectivity index is 3.70. The molecule has 0 radical (unpaired) electrons. The Kier molecular flexibility index (Phi) is 7.39. The topological polar surface area (TPSA) is 63.6 Å². The Morgan fingerprint density at radius 2 is 0.889 bits per heavy atom. The fraction of sp³-hybridized carbons (Fsp3) is 0.571. The first kappa shape index (κ1) is 31.8. The van der Waals surface area contributed by atoms with Gasteiger partial charge in [-0.15, -0.1) is 0 Å². The van der Waals surface area contributed by atoms with Gasteiger partial charge in [0.2, 0.25) is 0 Å². The van der Waals surface area contributed by atoms with E-state index >= 15 is 0 Å². The second kappa shape index (κ2) is 8.38. The van der Waals surface area contributed by atoms with Crippen LogP contribution < -0.4 is 4.74 Å². The third-order valence-electron chi connectivity index (χ3n) is 4.06. The van der Waals surface area contributed by atoms with Crippen molar-refractivity contribution >= 4 is 10.1 Å². The average Bonchev–Trinajstić information content (AvgIpc) is 2.65. The molecule has 1 N–H and O–H groups in total. The lowest BCUT2D eigenvalue weighted by atomic mass is 9.90. The van der Waals surface area contributed by atoms with Gasteiger partial charge in [0.05, 0.1) is 0 Å². The lowest BCUT2D eigenvalue weighted by Crippen LogP contribution is -2.74. The molecule has 0 aliphatic heterocycles. The molecule has 0 unspecified atom stereocenters. The number of alkyl halides is 17. The number of hydrogen-bond acceptors (Lipinski definition) is 3. The van der Waals surface area contributed by atoms with E-state index in [2.05, 4.69) is 4.74 Å². The van der Waals surface area contributed by atoms with Crippen molar-refractivity contribution in [1.82, 2.24) is 0 Å².